The van der Waals surface area contributed by atoms with E-state index >= 15 is 0 Å². The number of rotatable bonds is 4. The lowest BCUT2D eigenvalue weighted by atomic mass is 10.0. The molecule has 3 aromatic rings. The summed E-state index contributed by atoms with van der Waals surface area (Å²) in [7, 11) is 0. The number of ketones is 1. The molecule has 0 unspecified atom stereocenters. The number of amides is 1. The zero-order valence-electron chi connectivity index (χ0n) is 12.7. The summed E-state index contributed by atoms with van der Waals surface area (Å²) >= 11 is 0. The van der Waals surface area contributed by atoms with E-state index in [2.05, 4.69) is 20.5 Å². The van der Waals surface area contributed by atoms with Crippen LogP contribution in [0.15, 0.2) is 48.8 Å². The minimum Gasteiger partial charge on any atom is -0.302 e. The quantitative estimate of drug-likeness (QED) is 0.722. The second-order valence-electron chi connectivity index (χ2n) is 5.08. The Morgan fingerprint density at radius 2 is 1.71 bits per heavy atom. The van der Waals surface area contributed by atoms with Crippen LogP contribution in [0, 0.1) is 5.82 Å². The van der Waals surface area contributed by atoms with Gasteiger partial charge in [-0.2, -0.15) is 5.10 Å². The molecule has 1 aromatic carbocycles. The predicted octanol–water partition coefficient (Wildman–Crippen LogP) is 2.81. The van der Waals surface area contributed by atoms with Crippen molar-refractivity contribution in [2.75, 3.05) is 5.32 Å². The van der Waals surface area contributed by atoms with Gasteiger partial charge in [-0.3, -0.25) is 19.7 Å². The molecule has 2 heterocycles. The average Bonchev–Trinajstić information content (AvgIpc) is 2.99. The summed E-state index contributed by atoms with van der Waals surface area (Å²) in [4.78, 5) is 26.9. The predicted molar refractivity (Wildman–Crippen MR) is 86.5 cm³/mol. The van der Waals surface area contributed by atoms with Gasteiger partial charge in [-0.05, 0) is 42.0 Å². The smallest absolute Gasteiger partial charge is 0.292 e. The van der Waals surface area contributed by atoms with E-state index in [0.717, 1.165) is 5.56 Å². The third-order valence-electron chi connectivity index (χ3n) is 3.42. The zero-order valence-corrected chi connectivity index (χ0v) is 12.7. The Labute approximate surface area is 136 Å². The SMILES string of the molecule is CC(=O)C(=O)Nc1n[nH]c(-c2ccc(F)cc2)c1-c1ccncc1. The van der Waals surface area contributed by atoms with Crippen LogP contribution in [0.3, 0.4) is 0 Å². The van der Waals surface area contributed by atoms with Gasteiger partial charge in [-0.25, -0.2) is 4.39 Å². The van der Waals surface area contributed by atoms with E-state index in [0.29, 0.717) is 16.8 Å². The number of Topliss-reactive ketones (excluding diaryl/α,β-unsaturated/α-hetero) is 1. The molecule has 1 amide bonds. The highest BCUT2D eigenvalue weighted by molar-refractivity contribution is 6.39. The van der Waals surface area contributed by atoms with Crippen LogP contribution in [0.2, 0.25) is 0 Å². The number of aromatic nitrogens is 3. The Hall–Kier alpha value is -3.35. The number of pyridine rings is 1. The van der Waals surface area contributed by atoms with Gasteiger partial charge in [0.15, 0.2) is 5.82 Å². The molecule has 0 aliphatic rings. The molecular weight excluding hydrogens is 311 g/mol. The molecule has 0 atom stereocenters. The summed E-state index contributed by atoms with van der Waals surface area (Å²) in [6, 6.07) is 9.37. The van der Waals surface area contributed by atoms with Crippen molar-refractivity contribution < 1.29 is 14.0 Å². The van der Waals surface area contributed by atoms with Gasteiger partial charge in [0.2, 0.25) is 5.78 Å². The van der Waals surface area contributed by atoms with Gasteiger partial charge >= 0.3 is 0 Å². The molecule has 0 fully saturated rings. The number of hydrogen-bond donors (Lipinski definition) is 2. The van der Waals surface area contributed by atoms with Gasteiger partial charge in [0.25, 0.3) is 5.91 Å². The molecule has 3 rings (SSSR count). The second kappa shape index (κ2) is 6.41. The first-order valence-electron chi connectivity index (χ1n) is 7.13. The number of nitrogens with zero attached hydrogens (tertiary/aromatic N) is 2. The van der Waals surface area contributed by atoms with Gasteiger partial charge in [-0.15, -0.1) is 0 Å². The van der Waals surface area contributed by atoms with E-state index < -0.39 is 11.7 Å². The molecule has 0 radical (unpaired) electrons. The number of hydrogen-bond acceptors (Lipinski definition) is 4. The lowest BCUT2D eigenvalue weighted by Gasteiger charge is -2.07. The number of benzene rings is 1. The van der Waals surface area contributed by atoms with Crippen LogP contribution in [0.5, 0.6) is 0 Å². The van der Waals surface area contributed by atoms with E-state index in [-0.39, 0.29) is 11.6 Å². The van der Waals surface area contributed by atoms with Crippen molar-refractivity contribution in [1.29, 1.82) is 0 Å². The number of carbonyl (C=O) groups excluding carboxylic acids is 2. The summed E-state index contributed by atoms with van der Waals surface area (Å²) in [6.07, 6.45) is 3.21. The first-order valence-corrected chi connectivity index (χ1v) is 7.13. The Morgan fingerprint density at radius 1 is 1.04 bits per heavy atom. The van der Waals surface area contributed by atoms with Crippen molar-refractivity contribution in [3.8, 4) is 22.4 Å². The lowest BCUT2D eigenvalue weighted by Crippen LogP contribution is -2.20. The maximum atomic E-state index is 13.2. The van der Waals surface area contributed by atoms with Gasteiger partial charge < -0.3 is 5.32 Å². The average molecular weight is 324 g/mol. The molecule has 0 aliphatic heterocycles. The topological polar surface area (TPSA) is 87.7 Å². The highest BCUT2D eigenvalue weighted by Crippen LogP contribution is 2.35. The number of nitrogens with one attached hydrogen (secondary N) is 2. The molecule has 2 N–H and O–H groups in total. The van der Waals surface area contributed by atoms with Crippen molar-refractivity contribution in [2.24, 2.45) is 0 Å². The van der Waals surface area contributed by atoms with Crippen LogP contribution in [-0.4, -0.2) is 26.9 Å². The molecule has 2 aromatic heterocycles. The van der Waals surface area contributed by atoms with Crippen LogP contribution >= 0.6 is 0 Å². The number of halogens is 1. The van der Waals surface area contributed by atoms with Crippen LogP contribution in [0.1, 0.15) is 6.92 Å². The van der Waals surface area contributed by atoms with E-state index in [1.54, 1.807) is 36.7 Å². The molecule has 24 heavy (non-hydrogen) atoms. The molecule has 0 bridgehead atoms. The van der Waals surface area contributed by atoms with Crippen LogP contribution in [0.25, 0.3) is 22.4 Å². The number of aromatic amines is 1. The molecule has 0 spiro atoms. The first kappa shape index (κ1) is 15.5. The minimum absolute atomic E-state index is 0.223. The minimum atomic E-state index is -0.762. The van der Waals surface area contributed by atoms with Crippen molar-refractivity contribution in [1.82, 2.24) is 15.2 Å². The molecule has 7 heteroatoms. The van der Waals surface area contributed by atoms with E-state index in [1.165, 1.54) is 19.1 Å². The molecule has 120 valence electrons. The van der Waals surface area contributed by atoms with E-state index in [1.807, 2.05) is 0 Å². The number of carbonyl (C=O) groups is 2. The Kier molecular flexibility index (Phi) is 4.15. The van der Waals surface area contributed by atoms with Crippen molar-refractivity contribution in [3.05, 3.63) is 54.6 Å². The van der Waals surface area contributed by atoms with Gasteiger partial charge in [0.1, 0.15) is 5.82 Å². The number of H-pyrrole nitrogens is 1. The maximum Gasteiger partial charge on any atom is 0.292 e. The third kappa shape index (κ3) is 3.05. The summed E-state index contributed by atoms with van der Waals surface area (Å²) in [5, 5.41) is 9.41. The molecule has 0 aliphatic carbocycles. The standard InChI is InChI=1S/C17H13FN4O2/c1-10(23)17(24)20-16-14(11-6-8-19-9-7-11)15(21-22-16)12-2-4-13(18)5-3-12/h2-9H,1H3,(H2,20,21,22,24). The normalized spacial score (nSPS) is 10.4. The van der Waals surface area contributed by atoms with E-state index in [4.69, 9.17) is 0 Å². The highest BCUT2D eigenvalue weighted by Gasteiger charge is 2.19. The van der Waals surface area contributed by atoms with Crippen molar-refractivity contribution in [2.45, 2.75) is 6.92 Å². The van der Waals surface area contributed by atoms with Crippen molar-refractivity contribution >= 4 is 17.5 Å². The third-order valence-corrected chi connectivity index (χ3v) is 3.42. The summed E-state index contributed by atoms with van der Waals surface area (Å²) in [5.41, 5.74) is 2.63. The zero-order chi connectivity index (χ0) is 17.1. The molecule has 0 saturated heterocycles. The maximum absolute atomic E-state index is 13.2. The molecular formula is C17H13FN4O2. The second-order valence-corrected chi connectivity index (χ2v) is 5.08. The highest BCUT2D eigenvalue weighted by atomic mass is 19.1. The fraction of sp³-hybridized carbons (Fsp3) is 0.0588. The monoisotopic (exact) mass is 324 g/mol. The van der Waals surface area contributed by atoms with Gasteiger partial charge in [0.05, 0.1) is 11.3 Å². The summed E-state index contributed by atoms with van der Waals surface area (Å²) < 4.78 is 13.2. The Balaban J connectivity index is 2.13. The largest absolute Gasteiger partial charge is 0.302 e. The van der Waals surface area contributed by atoms with E-state index in [9.17, 15) is 14.0 Å². The first-order chi connectivity index (χ1) is 11.6. The van der Waals surface area contributed by atoms with Crippen LogP contribution < -0.4 is 5.32 Å². The molecule has 6 nitrogen and oxygen atoms in total. The fourth-order valence-corrected chi connectivity index (χ4v) is 2.25. The van der Waals surface area contributed by atoms with Crippen molar-refractivity contribution in [3.63, 3.8) is 0 Å². The Bertz CT molecular complexity index is 889. The number of anilines is 1. The van der Waals surface area contributed by atoms with Crippen LogP contribution in [0.4, 0.5) is 10.2 Å². The fourth-order valence-electron chi connectivity index (χ4n) is 2.25. The Morgan fingerprint density at radius 3 is 2.33 bits per heavy atom. The van der Waals surface area contributed by atoms with Crippen LogP contribution in [-0.2, 0) is 9.59 Å². The van der Waals surface area contributed by atoms with Gasteiger partial charge in [-0.1, -0.05) is 0 Å². The summed E-state index contributed by atoms with van der Waals surface area (Å²) in [5.74, 6) is -1.51. The molecule has 0 saturated carbocycles. The lowest BCUT2D eigenvalue weighted by molar-refractivity contribution is -0.133. The van der Waals surface area contributed by atoms with Gasteiger partial charge in [0, 0.05) is 24.9 Å². The summed E-state index contributed by atoms with van der Waals surface area (Å²) in [6.45, 7) is 1.18.